The Balaban J connectivity index is 2.38. The molecule has 2 atom stereocenters. The fraction of sp³-hybridized carbons (Fsp3) is 0.333. The van der Waals surface area contributed by atoms with Gasteiger partial charge in [-0.1, -0.05) is 0 Å². The lowest BCUT2D eigenvalue weighted by Crippen LogP contribution is -2.41. The summed E-state index contributed by atoms with van der Waals surface area (Å²) < 4.78 is 2.67. The third-order valence-corrected chi connectivity index (χ3v) is 6.72. The summed E-state index contributed by atoms with van der Waals surface area (Å²) in [4.78, 5) is 25.0. The number of aliphatic carboxylic acids is 1. The maximum atomic E-state index is 12.6. The quantitative estimate of drug-likeness (QED) is 0.397. The number of carbonyl (C=O) groups is 2. The fourth-order valence-electron chi connectivity index (χ4n) is 2.14. The van der Waals surface area contributed by atoms with Crippen molar-refractivity contribution in [3.05, 3.63) is 28.4 Å². The number of aliphatic hydroxyl groups excluding tert-OH is 1. The smallest absolute Gasteiger partial charge is 0.326 e. The van der Waals surface area contributed by atoms with Crippen molar-refractivity contribution in [3.63, 3.8) is 0 Å². The molecule has 1 aliphatic heterocycles. The van der Waals surface area contributed by atoms with Crippen LogP contribution in [0.1, 0.15) is 16.8 Å². The van der Waals surface area contributed by atoms with Crippen LogP contribution in [0.3, 0.4) is 0 Å². The number of halogens is 3. The molecule has 2 N–H and O–H groups in total. The Morgan fingerprint density at radius 1 is 1.25 bits per heavy atom. The van der Waals surface area contributed by atoms with Crippen LogP contribution < -0.4 is 0 Å². The van der Waals surface area contributed by atoms with Gasteiger partial charge in [-0.05, 0) is 79.9 Å². The number of carbonyl (C=O) groups excluding carboxylic acids is 1. The molecule has 1 aromatic rings. The Morgan fingerprint density at radius 2 is 1.90 bits per heavy atom. The van der Waals surface area contributed by atoms with E-state index in [9.17, 15) is 14.7 Å². The van der Waals surface area contributed by atoms with Crippen molar-refractivity contribution in [2.45, 2.75) is 18.6 Å². The van der Waals surface area contributed by atoms with Crippen LogP contribution in [0, 0.1) is 10.7 Å². The minimum Gasteiger partial charge on any atom is -0.480 e. The molecule has 0 aromatic heterocycles. The van der Waals surface area contributed by atoms with Gasteiger partial charge in [0.05, 0.1) is 11.7 Å². The zero-order valence-corrected chi connectivity index (χ0v) is 16.5. The SMILES string of the molecule is O=C(O)[C@@H]1CC(O)CN1C(=O)c1cc(I)cc(I)c1I. The largest absolute Gasteiger partial charge is 0.480 e. The third-order valence-electron chi connectivity index (χ3n) is 3.05. The zero-order valence-electron chi connectivity index (χ0n) is 10.0. The van der Waals surface area contributed by atoms with Crippen molar-refractivity contribution in [3.8, 4) is 0 Å². The van der Waals surface area contributed by atoms with E-state index >= 15 is 0 Å². The minimum absolute atomic E-state index is 0.0634. The molecule has 1 aromatic carbocycles. The molecular weight excluding hydrogens is 603 g/mol. The number of carboxylic acids is 1. The highest BCUT2D eigenvalue weighted by atomic mass is 127. The molecular formula is C12H10I3NO4. The Bertz CT molecular complexity index is 578. The number of hydrogen-bond donors (Lipinski definition) is 2. The molecule has 1 fully saturated rings. The van der Waals surface area contributed by atoms with Gasteiger partial charge >= 0.3 is 5.97 Å². The first-order valence-corrected chi connectivity index (χ1v) is 8.91. The zero-order chi connectivity index (χ0) is 15.0. The summed E-state index contributed by atoms with van der Waals surface area (Å²) in [5.41, 5.74) is 0.488. The van der Waals surface area contributed by atoms with Crippen molar-refractivity contribution in [1.82, 2.24) is 4.90 Å². The van der Waals surface area contributed by atoms with E-state index in [-0.39, 0.29) is 18.9 Å². The molecule has 108 valence electrons. The average Bonchev–Trinajstić information content (AvgIpc) is 2.75. The van der Waals surface area contributed by atoms with Crippen LogP contribution in [-0.2, 0) is 4.79 Å². The van der Waals surface area contributed by atoms with Crippen LogP contribution in [0.2, 0.25) is 0 Å². The van der Waals surface area contributed by atoms with Crippen LogP contribution in [0.5, 0.6) is 0 Å². The summed E-state index contributed by atoms with van der Waals surface area (Å²) >= 11 is 6.35. The van der Waals surface area contributed by atoms with Gasteiger partial charge in [-0.25, -0.2) is 4.79 Å². The van der Waals surface area contributed by atoms with E-state index in [1.54, 1.807) is 6.07 Å². The van der Waals surface area contributed by atoms with Crippen molar-refractivity contribution in [2.24, 2.45) is 0 Å². The molecule has 8 heteroatoms. The average molecular weight is 613 g/mol. The molecule has 0 radical (unpaired) electrons. The number of nitrogens with zero attached hydrogens (tertiary/aromatic N) is 1. The van der Waals surface area contributed by atoms with E-state index in [4.69, 9.17) is 5.11 Å². The van der Waals surface area contributed by atoms with Crippen LogP contribution in [-0.4, -0.2) is 45.7 Å². The van der Waals surface area contributed by atoms with E-state index in [0.717, 1.165) is 10.7 Å². The standard InChI is InChI=1S/C12H10I3NO4/c13-5-1-7(10(15)8(14)2-5)11(18)16-4-6(17)3-9(16)12(19)20/h1-2,6,9,17H,3-4H2,(H,19,20)/t6?,9-/m0/s1. The summed E-state index contributed by atoms with van der Waals surface area (Å²) in [7, 11) is 0. The van der Waals surface area contributed by atoms with E-state index in [1.165, 1.54) is 4.90 Å². The van der Waals surface area contributed by atoms with Crippen LogP contribution in [0.15, 0.2) is 12.1 Å². The maximum absolute atomic E-state index is 12.6. The summed E-state index contributed by atoms with van der Waals surface area (Å²) in [5.74, 6) is -1.42. The summed E-state index contributed by atoms with van der Waals surface area (Å²) in [6.07, 6.45) is -0.696. The van der Waals surface area contributed by atoms with Crippen molar-refractivity contribution < 1.29 is 19.8 Å². The van der Waals surface area contributed by atoms with Crippen LogP contribution in [0.4, 0.5) is 0 Å². The topological polar surface area (TPSA) is 77.8 Å². The molecule has 0 spiro atoms. The molecule has 1 unspecified atom stereocenters. The highest BCUT2D eigenvalue weighted by Crippen LogP contribution is 2.27. The summed E-state index contributed by atoms with van der Waals surface area (Å²) in [6.45, 7) is 0.0634. The second-order valence-corrected chi connectivity index (χ2v) is 7.94. The van der Waals surface area contributed by atoms with Gasteiger partial charge in [0.25, 0.3) is 5.91 Å². The molecule has 20 heavy (non-hydrogen) atoms. The summed E-state index contributed by atoms with van der Waals surface area (Å²) in [5, 5.41) is 18.8. The number of carboxylic acid groups (broad SMARTS) is 1. The van der Waals surface area contributed by atoms with Crippen molar-refractivity contribution >= 4 is 79.6 Å². The lowest BCUT2D eigenvalue weighted by atomic mass is 10.1. The molecule has 0 aliphatic carbocycles. The number of benzene rings is 1. The number of rotatable bonds is 2. The Kier molecular flexibility index (Phi) is 5.51. The summed E-state index contributed by atoms with van der Waals surface area (Å²) in [6, 6.07) is 2.74. The fourth-order valence-corrected chi connectivity index (χ4v) is 4.53. The molecule has 1 saturated heterocycles. The van der Waals surface area contributed by atoms with Gasteiger partial charge in [-0.2, -0.15) is 0 Å². The lowest BCUT2D eigenvalue weighted by Gasteiger charge is -2.22. The first kappa shape index (κ1) is 16.7. The predicted octanol–water partition coefficient (Wildman–Crippen LogP) is 2.16. The van der Waals surface area contributed by atoms with E-state index in [0.29, 0.717) is 5.56 Å². The predicted molar refractivity (Wildman–Crippen MR) is 97.7 cm³/mol. The number of β-amino-alcohol motifs (C(OH)–C–C–N with tert-alkyl or cyclic N) is 1. The Morgan fingerprint density at radius 3 is 2.50 bits per heavy atom. The molecule has 1 aliphatic rings. The Hall–Kier alpha value is 0.310. The van der Waals surface area contributed by atoms with Gasteiger partial charge in [0.2, 0.25) is 0 Å². The number of likely N-dealkylation sites (tertiary alicyclic amines) is 1. The normalized spacial score (nSPS) is 22.1. The highest BCUT2D eigenvalue weighted by molar-refractivity contribution is 14.1. The van der Waals surface area contributed by atoms with E-state index in [1.807, 2.05) is 6.07 Å². The van der Waals surface area contributed by atoms with Gasteiger partial charge in [-0.3, -0.25) is 4.79 Å². The van der Waals surface area contributed by atoms with Crippen molar-refractivity contribution in [1.29, 1.82) is 0 Å². The van der Waals surface area contributed by atoms with Gasteiger partial charge < -0.3 is 15.1 Å². The lowest BCUT2D eigenvalue weighted by molar-refractivity contribution is -0.141. The molecule has 2 rings (SSSR count). The van der Waals surface area contributed by atoms with Gasteiger partial charge in [-0.15, -0.1) is 0 Å². The highest BCUT2D eigenvalue weighted by Gasteiger charge is 2.39. The third kappa shape index (κ3) is 3.38. The maximum Gasteiger partial charge on any atom is 0.326 e. The van der Waals surface area contributed by atoms with Crippen molar-refractivity contribution in [2.75, 3.05) is 6.54 Å². The molecule has 0 bridgehead atoms. The molecule has 0 saturated carbocycles. The van der Waals surface area contributed by atoms with Crippen LogP contribution in [0.25, 0.3) is 0 Å². The first-order valence-electron chi connectivity index (χ1n) is 5.67. The molecule has 1 heterocycles. The number of hydrogen-bond acceptors (Lipinski definition) is 3. The Labute approximate surface area is 156 Å². The molecule has 5 nitrogen and oxygen atoms in total. The van der Waals surface area contributed by atoms with E-state index < -0.39 is 18.1 Å². The first-order chi connectivity index (χ1) is 9.31. The number of amides is 1. The molecule has 1 amide bonds. The monoisotopic (exact) mass is 613 g/mol. The second kappa shape index (κ2) is 6.60. The number of aliphatic hydroxyl groups is 1. The van der Waals surface area contributed by atoms with Crippen LogP contribution >= 0.6 is 67.8 Å². The minimum atomic E-state index is -1.08. The second-order valence-electron chi connectivity index (χ2n) is 4.45. The van der Waals surface area contributed by atoms with Gasteiger partial charge in [0, 0.05) is 23.7 Å². The van der Waals surface area contributed by atoms with Gasteiger partial charge in [0.15, 0.2) is 0 Å². The van der Waals surface area contributed by atoms with E-state index in [2.05, 4.69) is 67.8 Å². The van der Waals surface area contributed by atoms with Gasteiger partial charge in [0.1, 0.15) is 6.04 Å².